The van der Waals surface area contributed by atoms with E-state index in [0.29, 0.717) is 5.75 Å². The van der Waals surface area contributed by atoms with Crippen molar-refractivity contribution < 1.29 is 13.5 Å². The standard InChI is InChI=1S/C9H9F2IO/c1-9(10,11)6-13-8-4-2-3-7(12)5-8/h2-5H,6H2,1H3. The van der Waals surface area contributed by atoms with Crippen molar-refractivity contribution in [2.24, 2.45) is 0 Å². The third-order valence-corrected chi connectivity index (χ3v) is 1.96. The summed E-state index contributed by atoms with van der Waals surface area (Å²) < 4.78 is 30.6. The van der Waals surface area contributed by atoms with Gasteiger partial charge < -0.3 is 4.74 Å². The second-order valence-electron chi connectivity index (χ2n) is 2.82. The number of hydrogen-bond acceptors (Lipinski definition) is 1. The number of alkyl halides is 2. The van der Waals surface area contributed by atoms with Gasteiger partial charge in [0.15, 0.2) is 6.61 Å². The molecule has 0 aromatic heterocycles. The summed E-state index contributed by atoms with van der Waals surface area (Å²) in [6, 6.07) is 7.02. The van der Waals surface area contributed by atoms with Crippen LogP contribution in [0.4, 0.5) is 8.78 Å². The SMILES string of the molecule is CC(F)(F)COc1cccc(I)c1. The van der Waals surface area contributed by atoms with E-state index in [-0.39, 0.29) is 0 Å². The fraction of sp³-hybridized carbons (Fsp3) is 0.333. The molecule has 0 bridgehead atoms. The van der Waals surface area contributed by atoms with Crippen LogP contribution in [-0.2, 0) is 0 Å². The quantitative estimate of drug-likeness (QED) is 0.778. The average molecular weight is 298 g/mol. The highest BCUT2D eigenvalue weighted by Crippen LogP contribution is 2.18. The van der Waals surface area contributed by atoms with Gasteiger partial charge in [0.05, 0.1) is 0 Å². The van der Waals surface area contributed by atoms with Gasteiger partial charge >= 0.3 is 0 Å². The average Bonchev–Trinajstić information content (AvgIpc) is 2.00. The topological polar surface area (TPSA) is 9.23 Å². The van der Waals surface area contributed by atoms with E-state index < -0.39 is 12.5 Å². The van der Waals surface area contributed by atoms with Crippen molar-refractivity contribution in [3.8, 4) is 5.75 Å². The van der Waals surface area contributed by atoms with Crippen LogP contribution in [0, 0.1) is 3.57 Å². The fourth-order valence-corrected chi connectivity index (χ4v) is 1.28. The van der Waals surface area contributed by atoms with Crippen molar-refractivity contribution in [3.05, 3.63) is 27.8 Å². The van der Waals surface area contributed by atoms with Crippen LogP contribution in [0.15, 0.2) is 24.3 Å². The Balaban J connectivity index is 2.55. The molecule has 4 heteroatoms. The summed E-state index contributed by atoms with van der Waals surface area (Å²) in [5, 5.41) is 0. The van der Waals surface area contributed by atoms with E-state index in [0.717, 1.165) is 10.5 Å². The summed E-state index contributed by atoms with van der Waals surface area (Å²) >= 11 is 2.10. The van der Waals surface area contributed by atoms with Gasteiger partial charge in [-0.05, 0) is 40.8 Å². The van der Waals surface area contributed by atoms with Gasteiger partial charge in [-0.15, -0.1) is 0 Å². The molecule has 0 aliphatic rings. The fourth-order valence-electron chi connectivity index (χ4n) is 0.767. The molecule has 0 heterocycles. The Bertz CT molecular complexity index is 283. The van der Waals surface area contributed by atoms with E-state index in [2.05, 4.69) is 22.6 Å². The largest absolute Gasteiger partial charge is 0.487 e. The van der Waals surface area contributed by atoms with Crippen molar-refractivity contribution >= 4 is 22.6 Å². The molecule has 0 N–H and O–H groups in total. The predicted molar refractivity (Wildman–Crippen MR) is 55.3 cm³/mol. The van der Waals surface area contributed by atoms with Crippen LogP contribution < -0.4 is 4.74 Å². The monoisotopic (exact) mass is 298 g/mol. The summed E-state index contributed by atoms with van der Waals surface area (Å²) in [7, 11) is 0. The molecule has 0 amide bonds. The summed E-state index contributed by atoms with van der Waals surface area (Å²) in [4.78, 5) is 0. The number of halogens is 3. The molecule has 0 radical (unpaired) electrons. The number of rotatable bonds is 3. The van der Waals surface area contributed by atoms with Crippen LogP contribution in [0.25, 0.3) is 0 Å². The highest BCUT2D eigenvalue weighted by molar-refractivity contribution is 14.1. The molecule has 1 rings (SSSR count). The van der Waals surface area contributed by atoms with Gasteiger partial charge in [0.2, 0.25) is 0 Å². The molecule has 0 aliphatic heterocycles. The molecule has 0 fully saturated rings. The summed E-state index contributed by atoms with van der Waals surface area (Å²) in [5.41, 5.74) is 0. The first-order valence-electron chi connectivity index (χ1n) is 3.73. The Morgan fingerprint density at radius 1 is 1.46 bits per heavy atom. The van der Waals surface area contributed by atoms with Gasteiger partial charge in [0.25, 0.3) is 5.92 Å². The van der Waals surface area contributed by atoms with Crippen molar-refractivity contribution in [2.75, 3.05) is 6.61 Å². The molecule has 1 aromatic rings. The second kappa shape index (κ2) is 4.21. The Morgan fingerprint density at radius 2 is 2.15 bits per heavy atom. The zero-order valence-corrected chi connectivity index (χ0v) is 9.22. The third kappa shape index (κ3) is 4.40. The van der Waals surface area contributed by atoms with Crippen LogP contribution in [-0.4, -0.2) is 12.5 Å². The van der Waals surface area contributed by atoms with E-state index in [4.69, 9.17) is 4.74 Å². The molecular formula is C9H9F2IO. The third-order valence-electron chi connectivity index (χ3n) is 1.29. The maximum Gasteiger partial charge on any atom is 0.278 e. The molecule has 0 spiro atoms. The van der Waals surface area contributed by atoms with Crippen LogP contribution in [0.1, 0.15) is 6.92 Å². The molecule has 1 aromatic carbocycles. The minimum atomic E-state index is -2.78. The van der Waals surface area contributed by atoms with Crippen LogP contribution in [0.3, 0.4) is 0 Å². The van der Waals surface area contributed by atoms with Crippen molar-refractivity contribution in [1.82, 2.24) is 0 Å². The lowest BCUT2D eigenvalue weighted by Gasteiger charge is -2.11. The minimum absolute atomic E-state index is 0.480. The summed E-state index contributed by atoms with van der Waals surface area (Å²) in [6.07, 6.45) is 0. The Hall–Kier alpha value is -0.390. The Labute approximate surface area is 89.2 Å². The van der Waals surface area contributed by atoms with E-state index in [1.54, 1.807) is 18.2 Å². The zero-order valence-electron chi connectivity index (χ0n) is 7.06. The normalized spacial score (nSPS) is 11.4. The van der Waals surface area contributed by atoms with E-state index >= 15 is 0 Å². The maximum absolute atomic E-state index is 12.4. The first kappa shape index (κ1) is 10.7. The van der Waals surface area contributed by atoms with Gasteiger partial charge in [0, 0.05) is 10.5 Å². The van der Waals surface area contributed by atoms with E-state index in [1.807, 2.05) is 6.07 Å². The summed E-state index contributed by atoms with van der Waals surface area (Å²) in [6.45, 7) is 0.258. The van der Waals surface area contributed by atoms with Crippen molar-refractivity contribution in [1.29, 1.82) is 0 Å². The van der Waals surface area contributed by atoms with Crippen LogP contribution in [0.2, 0.25) is 0 Å². The van der Waals surface area contributed by atoms with Gasteiger partial charge in [0.1, 0.15) is 5.75 Å². The molecule has 0 aliphatic carbocycles. The second-order valence-corrected chi connectivity index (χ2v) is 4.06. The number of ether oxygens (including phenoxy) is 1. The van der Waals surface area contributed by atoms with Crippen LogP contribution in [0.5, 0.6) is 5.75 Å². The maximum atomic E-state index is 12.4. The molecule has 0 unspecified atom stereocenters. The van der Waals surface area contributed by atoms with Gasteiger partial charge in [-0.3, -0.25) is 0 Å². The first-order chi connectivity index (χ1) is 5.97. The highest BCUT2D eigenvalue weighted by atomic mass is 127. The molecule has 0 saturated heterocycles. The molecule has 13 heavy (non-hydrogen) atoms. The number of benzene rings is 1. The van der Waals surface area contributed by atoms with E-state index in [1.165, 1.54) is 0 Å². The van der Waals surface area contributed by atoms with Gasteiger partial charge in [-0.25, -0.2) is 8.78 Å². The molecular weight excluding hydrogens is 289 g/mol. The smallest absolute Gasteiger partial charge is 0.278 e. The minimum Gasteiger partial charge on any atom is -0.487 e. The summed E-state index contributed by atoms with van der Waals surface area (Å²) in [5.74, 6) is -2.30. The predicted octanol–water partition coefficient (Wildman–Crippen LogP) is 3.33. The Kier molecular flexibility index (Phi) is 3.47. The lowest BCUT2D eigenvalue weighted by atomic mass is 10.3. The number of hydrogen-bond donors (Lipinski definition) is 0. The molecule has 0 saturated carbocycles. The lowest BCUT2D eigenvalue weighted by molar-refractivity contribution is -0.0229. The van der Waals surface area contributed by atoms with Gasteiger partial charge in [-0.2, -0.15) is 0 Å². The Morgan fingerprint density at radius 3 is 2.69 bits per heavy atom. The van der Waals surface area contributed by atoms with E-state index in [9.17, 15) is 8.78 Å². The van der Waals surface area contributed by atoms with Crippen molar-refractivity contribution in [3.63, 3.8) is 0 Å². The first-order valence-corrected chi connectivity index (χ1v) is 4.81. The molecule has 0 atom stereocenters. The lowest BCUT2D eigenvalue weighted by Crippen LogP contribution is -2.20. The van der Waals surface area contributed by atoms with Crippen LogP contribution >= 0.6 is 22.6 Å². The highest BCUT2D eigenvalue weighted by Gasteiger charge is 2.21. The van der Waals surface area contributed by atoms with Gasteiger partial charge in [-0.1, -0.05) is 6.07 Å². The molecule has 1 nitrogen and oxygen atoms in total. The zero-order chi connectivity index (χ0) is 9.90. The molecule has 72 valence electrons. The van der Waals surface area contributed by atoms with Crippen molar-refractivity contribution in [2.45, 2.75) is 12.8 Å².